The fourth-order valence-electron chi connectivity index (χ4n) is 0.815. The van der Waals surface area contributed by atoms with Crippen LogP contribution in [0.5, 0.6) is 0 Å². The van der Waals surface area contributed by atoms with E-state index in [1.165, 1.54) is 0 Å². The zero-order valence-corrected chi connectivity index (χ0v) is 6.75. The van der Waals surface area contributed by atoms with Crippen LogP contribution in [0, 0.1) is 0 Å². The predicted octanol–water partition coefficient (Wildman–Crippen LogP) is 1.33. The van der Waals surface area contributed by atoms with Gasteiger partial charge in [-0.3, -0.25) is 0 Å². The molecule has 3 heteroatoms. The molecule has 0 heterocycles. The van der Waals surface area contributed by atoms with E-state index in [1.807, 2.05) is 12.1 Å². The van der Waals surface area contributed by atoms with Crippen molar-refractivity contribution < 1.29 is 5.11 Å². The average molecular weight is 172 g/mol. The van der Waals surface area contributed by atoms with Crippen LogP contribution in [-0.2, 0) is 0 Å². The lowest BCUT2D eigenvalue weighted by atomic mass is 10.1. The van der Waals surface area contributed by atoms with E-state index in [0.717, 1.165) is 5.56 Å². The first-order valence-corrected chi connectivity index (χ1v) is 3.73. The summed E-state index contributed by atoms with van der Waals surface area (Å²) in [5, 5.41) is 9.38. The Bertz CT molecular complexity index is 222. The zero-order valence-electron chi connectivity index (χ0n) is 6.00. The molecule has 3 N–H and O–H groups in total. The Morgan fingerprint density at radius 3 is 2.36 bits per heavy atom. The molecule has 2 nitrogen and oxygen atoms in total. The van der Waals surface area contributed by atoms with Crippen LogP contribution in [0.25, 0.3) is 0 Å². The summed E-state index contributed by atoms with van der Waals surface area (Å²) in [5.74, 6) is 0. The highest BCUT2D eigenvalue weighted by Crippen LogP contribution is 2.13. The Kier molecular flexibility index (Phi) is 2.88. The highest BCUT2D eigenvalue weighted by molar-refractivity contribution is 6.30. The average Bonchev–Trinajstić information content (AvgIpc) is 2.05. The Labute approximate surface area is 70.6 Å². The molecule has 0 aliphatic carbocycles. The minimum Gasteiger partial charge on any atom is -0.394 e. The van der Waals surface area contributed by atoms with E-state index in [0.29, 0.717) is 5.02 Å². The van der Waals surface area contributed by atoms with E-state index in [1.54, 1.807) is 12.1 Å². The van der Waals surface area contributed by atoms with E-state index in [2.05, 4.69) is 0 Å². The van der Waals surface area contributed by atoms with Crippen molar-refractivity contribution in [3.63, 3.8) is 0 Å². The minimum atomic E-state index is -0.299. The van der Waals surface area contributed by atoms with Crippen molar-refractivity contribution in [1.29, 1.82) is 0 Å². The molecule has 0 aliphatic rings. The second-order valence-electron chi connectivity index (χ2n) is 2.34. The van der Waals surface area contributed by atoms with E-state index < -0.39 is 0 Å². The maximum absolute atomic E-state index is 8.70. The van der Waals surface area contributed by atoms with Gasteiger partial charge in [0.2, 0.25) is 0 Å². The lowest BCUT2D eigenvalue weighted by molar-refractivity contribution is 0.268. The first-order chi connectivity index (χ1) is 5.24. The van der Waals surface area contributed by atoms with Crippen LogP contribution in [0.4, 0.5) is 0 Å². The van der Waals surface area contributed by atoms with E-state index in [4.69, 9.17) is 22.4 Å². The summed E-state index contributed by atoms with van der Waals surface area (Å²) in [4.78, 5) is 0. The zero-order chi connectivity index (χ0) is 8.27. The molecule has 0 amide bonds. The standard InChI is InChI=1S/C8H10ClNO/c9-7-3-1-6(2-4-7)8(10)5-11/h1-4,8,11H,5,10H2/t8-/m0/s1. The van der Waals surface area contributed by atoms with Crippen molar-refractivity contribution in [2.75, 3.05) is 6.61 Å². The Morgan fingerprint density at radius 2 is 1.91 bits per heavy atom. The van der Waals surface area contributed by atoms with Crippen LogP contribution >= 0.6 is 11.6 Å². The number of hydrogen-bond acceptors (Lipinski definition) is 2. The predicted molar refractivity (Wildman–Crippen MR) is 45.5 cm³/mol. The fraction of sp³-hybridized carbons (Fsp3) is 0.250. The molecule has 0 aromatic heterocycles. The molecule has 0 spiro atoms. The molecular formula is C8H10ClNO. The van der Waals surface area contributed by atoms with Gasteiger partial charge in [-0.15, -0.1) is 0 Å². The molecule has 1 aromatic rings. The maximum Gasteiger partial charge on any atom is 0.0624 e. The Hall–Kier alpha value is -0.570. The van der Waals surface area contributed by atoms with Crippen LogP contribution in [-0.4, -0.2) is 11.7 Å². The van der Waals surface area contributed by atoms with Gasteiger partial charge < -0.3 is 10.8 Å². The van der Waals surface area contributed by atoms with E-state index >= 15 is 0 Å². The second-order valence-corrected chi connectivity index (χ2v) is 2.78. The van der Waals surface area contributed by atoms with Gasteiger partial charge >= 0.3 is 0 Å². The molecular weight excluding hydrogens is 162 g/mol. The molecule has 0 unspecified atom stereocenters. The van der Waals surface area contributed by atoms with Crippen molar-refractivity contribution in [1.82, 2.24) is 0 Å². The third-order valence-electron chi connectivity index (χ3n) is 1.49. The number of benzene rings is 1. The summed E-state index contributed by atoms with van der Waals surface area (Å²) in [6, 6.07) is 6.83. The number of aliphatic hydroxyl groups is 1. The largest absolute Gasteiger partial charge is 0.394 e. The Morgan fingerprint density at radius 1 is 1.36 bits per heavy atom. The van der Waals surface area contributed by atoms with Crippen LogP contribution in [0.1, 0.15) is 11.6 Å². The molecule has 11 heavy (non-hydrogen) atoms. The van der Waals surface area contributed by atoms with Gasteiger partial charge in [-0.25, -0.2) is 0 Å². The number of nitrogens with two attached hydrogens (primary N) is 1. The molecule has 1 rings (SSSR count). The lowest BCUT2D eigenvalue weighted by Crippen LogP contribution is -2.13. The summed E-state index contributed by atoms with van der Waals surface area (Å²) in [6.45, 7) is -0.0400. The summed E-state index contributed by atoms with van der Waals surface area (Å²) in [5.41, 5.74) is 6.45. The van der Waals surface area contributed by atoms with Crippen molar-refractivity contribution in [3.8, 4) is 0 Å². The summed E-state index contributed by atoms with van der Waals surface area (Å²) < 4.78 is 0. The van der Waals surface area contributed by atoms with Gasteiger partial charge in [-0.05, 0) is 17.7 Å². The van der Waals surface area contributed by atoms with Crippen LogP contribution in [0.3, 0.4) is 0 Å². The number of aliphatic hydroxyl groups excluding tert-OH is 1. The highest BCUT2D eigenvalue weighted by atomic mass is 35.5. The van der Waals surface area contributed by atoms with Crippen molar-refractivity contribution >= 4 is 11.6 Å². The highest BCUT2D eigenvalue weighted by Gasteiger charge is 2.02. The third-order valence-corrected chi connectivity index (χ3v) is 1.75. The van der Waals surface area contributed by atoms with Gasteiger partial charge in [0, 0.05) is 5.02 Å². The van der Waals surface area contributed by atoms with Gasteiger partial charge in [0.1, 0.15) is 0 Å². The second kappa shape index (κ2) is 3.72. The first-order valence-electron chi connectivity index (χ1n) is 3.36. The molecule has 0 bridgehead atoms. The summed E-state index contributed by atoms with van der Waals surface area (Å²) in [6.07, 6.45) is 0. The molecule has 60 valence electrons. The topological polar surface area (TPSA) is 46.2 Å². The number of halogens is 1. The molecule has 0 aliphatic heterocycles. The van der Waals surface area contributed by atoms with Gasteiger partial charge in [0.15, 0.2) is 0 Å². The van der Waals surface area contributed by atoms with Crippen molar-refractivity contribution in [2.45, 2.75) is 6.04 Å². The molecule has 1 aromatic carbocycles. The molecule has 0 radical (unpaired) electrons. The smallest absolute Gasteiger partial charge is 0.0624 e. The van der Waals surface area contributed by atoms with Gasteiger partial charge in [-0.1, -0.05) is 23.7 Å². The Balaban J connectivity index is 2.81. The SMILES string of the molecule is N[C@@H](CO)c1ccc(Cl)cc1. The van der Waals surface area contributed by atoms with Crippen LogP contribution in [0.2, 0.25) is 5.02 Å². The lowest BCUT2D eigenvalue weighted by Gasteiger charge is -2.07. The fourth-order valence-corrected chi connectivity index (χ4v) is 0.941. The molecule has 0 saturated carbocycles. The number of hydrogen-bond donors (Lipinski definition) is 2. The van der Waals surface area contributed by atoms with Gasteiger partial charge in [-0.2, -0.15) is 0 Å². The van der Waals surface area contributed by atoms with Crippen LogP contribution < -0.4 is 5.73 Å². The van der Waals surface area contributed by atoms with Gasteiger partial charge in [0.25, 0.3) is 0 Å². The third kappa shape index (κ3) is 2.19. The maximum atomic E-state index is 8.70. The summed E-state index contributed by atoms with van der Waals surface area (Å²) in [7, 11) is 0. The normalized spacial score (nSPS) is 13.0. The molecule has 0 fully saturated rings. The molecule has 1 atom stereocenters. The summed E-state index contributed by atoms with van der Waals surface area (Å²) >= 11 is 5.66. The van der Waals surface area contributed by atoms with E-state index in [9.17, 15) is 0 Å². The quantitative estimate of drug-likeness (QED) is 0.706. The molecule has 0 saturated heterocycles. The van der Waals surface area contributed by atoms with Gasteiger partial charge in [0.05, 0.1) is 12.6 Å². The van der Waals surface area contributed by atoms with Crippen molar-refractivity contribution in [3.05, 3.63) is 34.9 Å². The van der Waals surface area contributed by atoms with Crippen LogP contribution in [0.15, 0.2) is 24.3 Å². The minimum absolute atomic E-state index is 0.0400. The number of rotatable bonds is 2. The monoisotopic (exact) mass is 171 g/mol. The van der Waals surface area contributed by atoms with Crippen molar-refractivity contribution in [2.24, 2.45) is 5.73 Å². The van der Waals surface area contributed by atoms with E-state index in [-0.39, 0.29) is 12.6 Å². The first kappa shape index (κ1) is 8.53.